The van der Waals surface area contributed by atoms with Crippen LogP contribution in [0.3, 0.4) is 0 Å². The van der Waals surface area contributed by atoms with Crippen molar-refractivity contribution in [3.05, 3.63) is 57.3 Å². The predicted molar refractivity (Wildman–Crippen MR) is 145 cm³/mol. The molecule has 214 valence electrons. The van der Waals surface area contributed by atoms with E-state index in [1.165, 1.54) is 11.7 Å². The molecule has 0 bridgehead atoms. The van der Waals surface area contributed by atoms with Gasteiger partial charge in [-0.05, 0) is 49.8 Å². The zero-order chi connectivity index (χ0) is 28.8. The molecule has 3 heterocycles. The molecule has 40 heavy (non-hydrogen) atoms. The number of carboxylic acid groups (broad SMARTS) is 1. The number of hydrogen-bond acceptors (Lipinski definition) is 7. The standard InChI is InChI=1S/C26H32N6O5.CH2O2/c1-29-16-27-14-22(29)25(35)31-11-9-30(10-12-31)23(33)18-5-3-17(4-6-18)15-32-24(34)20-13-19(37-2)7-8-21(20)28-26(32)36;2-1-3/h7-8,13-14,16-18H,3-6,9-12,15H2,1-2H3,(H,28,36);1H,(H,2,3). The summed E-state index contributed by atoms with van der Waals surface area (Å²) in [7, 11) is 3.33. The number of methoxy groups -OCH3 is 1. The van der Waals surface area contributed by atoms with Crippen LogP contribution in [0.1, 0.15) is 36.2 Å². The highest BCUT2D eigenvalue weighted by Crippen LogP contribution is 2.31. The van der Waals surface area contributed by atoms with E-state index in [-0.39, 0.29) is 35.7 Å². The van der Waals surface area contributed by atoms with E-state index in [2.05, 4.69) is 9.97 Å². The minimum absolute atomic E-state index is 0.0635. The molecule has 1 aromatic carbocycles. The molecular weight excluding hydrogens is 520 g/mol. The summed E-state index contributed by atoms with van der Waals surface area (Å²) >= 11 is 0. The Labute approximate surface area is 230 Å². The maximum Gasteiger partial charge on any atom is 0.328 e. The van der Waals surface area contributed by atoms with Crippen LogP contribution >= 0.6 is 0 Å². The van der Waals surface area contributed by atoms with Crippen molar-refractivity contribution in [3.63, 3.8) is 0 Å². The third kappa shape index (κ3) is 6.08. The number of rotatable bonds is 5. The van der Waals surface area contributed by atoms with E-state index in [0.717, 1.165) is 25.7 Å². The molecule has 1 saturated heterocycles. The number of imidazole rings is 1. The number of aromatic nitrogens is 4. The minimum atomic E-state index is -0.417. The van der Waals surface area contributed by atoms with Gasteiger partial charge in [-0.15, -0.1) is 0 Å². The van der Waals surface area contributed by atoms with Gasteiger partial charge in [0.1, 0.15) is 11.4 Å². The van der Waals surface area contributed by atoms with Gasteiger partial charge in [-0.25, -0.2) is 9.78 Å². The fraction of sp³-hybridized carbons (Fsp3) is 0.481. The van der Waals surface area contributed by atoms with Crippen molar-refractivity contribution in [1.29, 1.82) is 0 Å². The number of amides is 2. The topological polar surface area (TPSA) is 160 Å². The van der Waals surface area contributed by atoms with Crippen LogP contribution in [0.15, 0.2) is 40.3 Å². The first-order valence-corrected chi connectivity index (χ1v) is 13.2. The lowest BCUT2D eigenvalue weighted by atomic mass is 9.81. The molecule has 13 nitrogen and oxygen atoms in total. The van der Waals surface area contributed by atoms with Crippen LogP contribution in [-0.4, -0.2) is 85.6 Å². The molecule has 0 unspecified atom stereocenters. The van der Waals surface area contributed by atoms with Crippen LogP contribution in [0.2, 0.25) is 0 Å². The lowest BCUT2D eigenvalue weighted by Gasteiger charge is -2.38. The highest BCUT2D eigenvalue weighted by Gasteiger charge is 2.33. The number of nitrogens with one attached hydrogen (secondary N) is 1. The molecule has 1 aliphatic heterocycles. The Morgan fingerprint density at radius 3 is 2.35 bits per heavy atom. The van der Waals surface area contributed by atoms with E-state index >= 15 is 0 Å². The first-order valence-electron chi connectivity index (χ1n) is 13.2. The minimum Gasteiger partial charge on any atom is -0.497 e. The number of ether oxygens (including phenoxy) is 1. The SMILES string of the molecule is COc1ccc2[nH]c(=O)n(CC3CCC(C(=O)N4CCN(C(=O)c5cncn5C)CC4)CC3)c(=O)c2c1.O=CO. The second-order valence-corrected chi connectivity index (χ2v) is 10.1. The maximum atomic E-state index is 13.2. The van der Waals surface area contributed by atoms with Crippen molar-refractivity contribution in [2.45, 2.75) is 32.2 Å². The second kappa shape index (κ2) is 12.6. The highest BCUT2D eigenvalue weighted by molar-refractivity contribution is 5.92. The van der Waals surface area contributed by atoms with Gasteiger partial charge in [0, 0.05) is 45.7 Å². The van der Waals surface area contributed by atoms with Crippen LogP contribution in [-0.2, 0) is 23.2 Å². The largest absolute Gasteiger partial charge is 0.497 e. The number of carbonyl (C=O) groups is 3. The van der Waals surface area contributed by atoms with Crippen LogP contribution in [0.5, 0.6) is 5.75 Å². The van der Waals surface area contributed by atoms with Gasteiger partial charge in [-0.1, -0.05) is 0 Å². The lowest BCUT2D eigenvalue weighted by Crippen LogP contribution is -2.52. The first-order chi connectivity index (χ1) is 19.3. The highest BCUT2D eigenvalue weighted by atomic mass is 16.5. The van der Waals surface area contributed by atoms with Crippen LogP contribution in [0.4, 0.5) is 0 Å². The predicted octanol–water partition coefficient (Wildman–Crippen LogP) is 0.924. The van der Waals surface area contributed by atoms with Crippen molar-refractivity contribution in [2.75, 3.05) is 33.3 Å². The second-order valence-electron chi connectivity index (χ2n) is 10.1. The summed E-state index contributed by atoms with van der Waals surface area (Å²) in [6.45, 7) is 2.13. The van der Waals surface area contributed by atoms with Gasteiger partial charge in [0.25, 0.3) is 17.9 Å². The van der Waals surface area contributed by atoms with Gasteiger partial charge >= 0.3 is 5.69 Å². The van der Waals surface area contributed by atoms with E-state index in [1.54, 1.807) is 47.2 Å². The summed E-state index contributed by atoms with van der Waals surface area (Å²) < 4.78 is 8.20. The van der Waals surface area contributed by atoms with Gasteiger partial charge in [-0.3, -0.25) is 23.7 Å². The molecule has 0 radical (unpaired) electrons. The van der Waals surface area contributed by atoms with E-state index < -0.39 is 5.69 Å². The van der Waals surface area contributed by atoms with Gasteiger partial charge in [0.2, 0.25) is 5.91 Å². The Morgan fingerprint density at radius 2 is 1.75 bits per heavy atom. The van der Waals surface area contributed by atoms with Gasteiger partial charge in [-0.2, -0.15) is 0 Å². The molecule has 1 aliphatic carbocycles. The molecule has 2 aliphatic rings. The van der Waals surface area contributed by atoms with Crippen molar-refractivity contribution in [3.8, 4) is 5.75 Å². The number of H-pyrrole nitrogens is 1. The molecular formula is C27H34N6O7. The zero-order valence-corrected chi connectivity index (χ0v) is 22.6. The smallest absolute Gasteiger partial charge is 0.328 e. The molecule has 2 N–H and O–H groups in total. The van der Waals surface area contributed by atoms with Gasteiger partial charge in [0.15, 0.2) is 0 Å². The number of aryl methyl sites for hydroxylation is 1. The molecule has 0 spiro atoms. The number of hydrogen-bond donors (Lipinski definition) is 2. The van der Waals surface area contributed by atoms with E-state index in [1.807, 2.05) is 4.90 Å². The molecule has 13 heteroatoms. The van der Waals surface area contributed by atoms with Crippen molar-refractivity contribution in [1.82, 2.24) is 28.9 Å². The van der Waals surface area contributed by atoms with Crippen LogP contribution < -0.4 is 16.0 Å². The lowest BCUT2D eigenvalue weighted by molar-refractivity contribution is -0.138. The average molecular weight is 555 g/mol. The summed E-state index contributed by atoms with van der Waals surface area (Å²) in [6, 6.07) is 5.02. The fourth-order valence-corrected chi connectivity index (χ4v) is 5.49. The van der Waals surface area contributed by atoms with Crippen molar-refractivity contribution in [2.24, 2.45) is 18.9 Å². The Bertz CT molecular complexity index is 1480. The first kappa shape index (κ1) is 28.6. The van der Waals surface area contributed by atoms with Crippen LogP contribution in [0.25, 0.3) is 10.9 Å². The molecule has 2 aromatic heterocycles. The quantitative estimate of drug-likeness (QED) is 0.441. The molecule has 2 amide bonds. The number of nitrogens with zero attached hydrogens (tertiary/aromatic N) is 5. The summed E-state index contributed by atoms with van der Waals surface area (Å²) in [6.07, 6.45) is 6.17. The Hall–Kier alpha value is -4.42. The van der Waals surface area contributed by atoms with E-state index in [0.29, 0.717) is 55.1 Å². The molecule has 3 aromatic rings. The van der Waals surface area contributed by atoms with Crippen molar-refractivity contribution >= 4 is 29.2 Å². The summed E-state index contributed by atoms with van der Waals surface area (Å²) in [5.74, 6) is 0.721. The van der Waals surface area contributed by atoms with E-state index in [4.69, 9.17) is 14.6 Å². The zero-order valence-electron chi connectivity index (χ0n) is 22.6. The number of fused-ring (bicyclic) bond motifs is 1. The third-order valence-electron chi connectivity index (χ3n) is 7.74. The third-order valence-corrected chi connectivity index (χ3v) is 7.74. The molecule has 2 fully saturated rings. The number of benzene rings is 1. The van der Waals surface area contributed by atoms with E-state index in [9.17, 15) is 19.2 Å². The summed E-state index contributed by atoms with van der Waals surface area (Å²) in [5.41, 5.74) is 0.291. The summed E-state index contributed by atoms with van der Waals surface area (Å²) in [4.78, 5) is 70.3. The van der Waals surface area contributed by atoms with Gasteiger partial charge in [0.05, 0.1) is 30.5 Å². The Balaban J connectivity index is 0.00000118. The van der Waals surface area contributed by atoms with Gasteiger partial charge < -0.3 is 29.2 Å². The number of aromatic amines is 1. The Kier molecular flexibility index (Phi) is 9.02. The number of piperazine rings is 1. The normalized spacial score (nSPS) is 19.1. The monoisotopic (exact) mass is 554 g/mol. The van der Waals surface area contributed by atoms with Crippen molar-refractivity contribution < 1.29 is 24.2 Å². The average Bonchev–Trinajstić information content (AvgIpc) is 3.41. The molecule has 1 saturated carbocycles. The van der Waals surface area contributed by atoms with Crippen LogP contribution in [0, 0.1) is 11.8 Å². The maximum absolute atomic E-state index is 13.2. The molecule has 0 atom stereocenters. The Morgan fingerprint density at radius 1 is 1.10 bits per heavy atom. The fourth-order valence-electron chi connectivity index (χ4n) is 5.49. The number of carbonyl (C=O) groups excluding carboxylic acids is 2. The molecule has 5 rings (SSSR count). The summed E-state index contributed by atoms with van der Waals surface area (Å²) in [5, 5.41) is 7.31.